The number of carbonyl (C=O) groups is 3. The average molecular weight is 563 g/mol. The summed E-state index contributed by atoms with van der Waals surface area (Å²) in [5.41, 5.74) is 5.13. The molecule has 0 spiro atoms. The van der Waals surface area contributed by atoms with Gasteiger partial charge in [0.2, 0.25) is 0 Å². The zero-order chi connectivity index (χ0) is 29.1. The van der Waals surface area contributed by atoms with Gasteiger partial charge in [-0.2, -0.15) is 13.2 Å². The first-order valence-corrected chi connectivity index (χ1v) is 13.2. The molecule has 4 saturated carbocycles. The summed E-state index contributed by atoms with van der Waals surface area (Å²) in [6.07, 6.45) is 12.0. The number of nitrogens with one attached hydrogen (secondary N) is 1. The van der Waals surface area contributed by atoms with Crippen LogP contribution in [0.5, 0.6) is 0 Å². The second-order valence-corrected chi connectivity index (χ2v) is 11.3. The van der Waals surface area contributed by atoms with Gasteiger partial charge < -0.3 is 14.9 Å². The standard InChI is InChI=1S/C27H32N2O4.C2HF3O2/c28-29-24(30)17-33-27(9-6-25(31)32)7-4-21(5-8-27)22-2-1-3-23(13-22)26-14-18-10-19(15-26)12-20(11-18)16-26;3-2(4,5)1(6)7/h1-7,9,13,18-20H,8,10-12,14-17,28H2,(H,29,30)(H,31,32);(H,6,7). The van der Waals surface area contributed by atoms with Gasteiger partial charge >= 0.3 is 18.1 Å². The predicted molar refractivity (Wildman–Crippen MR) is 140 cm³/mol. The lowest BCUT2D eigenvalue weighted by molar-refractivity contribution is -0.192. The summed E-state index contributed by atoms with van der Waals surface area (Å²) < 4.78 is 37.5. The van der Waals surface area contributed by atoms with Crippen molar-refractivity contribution in [2.24, 2.45) is 23.6 Å². The number of hydrazine groups is 1. The molecule has 5 N–H and O–H groups in total. The van der Waals surface area contributed by atoms with Gasteiger partial charge in [0.05, 0.1) is 0 Å². The summed E-state index contributed by atoms with van der Waals surface area (Å²) in [5, 5.41) is 16.2. The summed E-state index contributed by atoms with van der Waals surface area (Å²) in [5.74, 6) is 3.57. The van der Waals surface area contributed by atoms with Gasteiger partial charge in [-0.15, -0.1) is 0 Å². The number of amides is 1. The molecule has 8 nitrogen and oxygen atoms in total. The van der Waals surface area contributed by atoms with Gasteiger partial charge in [0.15, 0.2) is 0 Å². The molecule has 216 valence electrons. The van der Waals surface area contributed by atoms with Crippen LogP contribution < -0.4 is 11.3 Å². The van der Waals surface area contributed by atoms with Gasteiger partial charge in [0, 0.05) is 12.5 Å². The first-order chi connectivity index (χ1) is 18.8. The monoisotopic (exact) mass is 562 g/mol. The number of carbonyl (C=O) groups excluding carboxylic acids is 1. The van der Waals surface area contributed by atoms with E-state index in [9.17, 15) is 22.8 Å². The first-order valence-electron chi connectivity index (χ1n) is 13.2. The number of rotatable bonds is 7. The molecule has 0 radical (unpaired) electrons. The number of hydrogen-bond donors (Lipinski definition) is 4. The largest absolute Gasteiger partial charge is 0.490 e. The van der Waals surface area contributed by atoms with Crippen LogP contribution in [0.3, 0.4) is 0 Å². The summed E-state index contributed by atoms with van der Waals surface area (Å²) in [6.45, 7) is -0.254. The Morgan fingerprint density at radius 3 is 2.15 bits per heavy atom. The molecule has 6 rings (SSSR count). The minimum absolute atomic E-state index is 0.254. The van der Waals surface area contributed by atoms with Crippen molar-refractivity contribution in [1.29, 1.82) is 0 Å². The molecule has 1 aromatic rings. The van der Waals surface area contributed by atoms with E-state index >= 15 is 0 Å². The number of carboxylic acid groups (broad SMARTS) is 2. The van der Waals surface area contributed by atoms with Crippen molar-refractivity contribution in [2.45, 2.75) is 62.1 Å². The van der Waals surface area contributed by atoms with Crippen LogP contribution in [-0.2, 0) is 24.5 Å². The molecule has 40 heavy (non-hydrogen) atoms. The molecule has 0 saturated heterocycles. The number of allylic oxidation sites excluding steroid dienone is 2. The molecule has 4 bridgehead atoms. The van der Waals surface area contributed by atoms with E-state index in [4.69, 9.17) is 25.6 Å². The van der Waals surface area contributed by atoms with Crippen LogP contribution in [0.2, 0.25) is 0 Å². The van der Waals surface area contributed by atoms with E-state index in [2.05, 4.69) is 30.3 Å². The summed E-state index contributed by atoms with van der Waals surface area (Å²) in [4.78, 5) is 31.6. The second kappa shape index (κ2) is 11.6. The van der Waals surface area contributed by atoms with Crippen molar-refractivity contribution < 1.29 is 42.5 Å². The number of ether oxygens (including phenoxy) is 1. The molecule has 1 unspecified atom stereocenters. The maximum Gasteiger partial charge on any atom is 0.490 e. The van der Waals surface area contributed by atoms with Gasteiger partial charge in [-0.1, -0.05) is 36.4 Å². The fraction of sp³-hybridized carbons (Fsp3) is 0.483. The molecular weight excluding hydrogens is 529 g/mol. The normalized spacial score (nSPS) is 30.4. The topological polar surface area (TPSA) is 139 Å². The van der Waals surface area contributed by atoms with E-state index < -0.39 is 29.6 Å². The zero-order valence-electron chi connectivity index (χ0n) is 21.8. The predicted octanol–water partition coefficient (Wildman–Crippen LogP) is 4.52. The van der Waals surface area contributed by atoms with E-state index in [0.717, 1.165) is 29.4 Å². The molecule has 0 heterocycles. The molecule has 1 atom stereocenters. The number of alkyl halides is 3. The van der Waals surface area contributed by atoms with Crippen molar-refractivity contribution in [3.8, 4) is 0 Å². The molecule has 1 aromatic carbocycles. The van der Waals surface area contributed by atoms with Gasteiger partial charge in [-0.3, -0.25) is 10.2 Å². The van der Waals surface area contributed by atoms with Gasteiger partial charge in [0.25, 0.3) is 5.91 Å². The highest BCUT2D eigenvalue weighted by Crippen LogP contribution is 2.60. The van der Waals surface area contributed by atoms with Gasteiger partial charge in [-0.25, -0.2) is 15.4 Å². The van der Waals surface area contributed by atoms with Crippen LogP contribution in [0.4, 0.5) is 13.2 Å². The lowest BCUT2D eigenvalue weighted by Gasteiger charge is -2.57. The smallest absolute Gasteiger partial charge is 0.478 e. The molecule has 5 aliphatic rings. The average Bonchev–Trinajstić information content (AvgIpc) is 2.90. The molecule has 0 aromatic heterocycles. The van der Waals surface area contributed by atoms with Crippen LogP contribution in [0.1, 0.15) is 56.1 Å². The van der Waals surface area contributed by atoms with E-state index in [1.165, 1.54) is 55.7 Å². The first kappa shape index (κ1) is 29.5. The molecule has 0 aliphatic heterocycles. The SMILES string of the molecule is NNC(=O)COC1(C=CC(=O)O)C=CC(c2cccc(C34CC5CC(CC(C5)C3)C4)c2)=CC1.O=C(O)C(F)(F)F. The van der Waals surface area contributed by atoms with Crippen LogP contribution in [0.15, 0.2) is 54.6 Å². The van der Waals surface area contributed by atoms with E-state index in [0.29, 0.717) is 11.8 Å². The molecule has 4 fully saturated rings. The Morgan fingerprint density at radius 2 is 1.68 bits per heavy atom. The number of halogens is 3. The Balaban J connectivity index is 0.000000470. The fourth-order valence-electron chi connectivity index (χ4n) is 7.08. The van der Waals surface area contributed by atoms with Crippen molar-refractivity contribution in [1.82, 2.24) is 5.43 Å². The van der Waals surface area contributed by atoms with E-state index in [1.54, 1.807) is 0 Å². The van der Waals surface area contributed by atoms with Crippen molar-refractivity contribution in [3.63, 3.8) is 0 Å². The summed E-state index contributed by atoms with van der Waals surface area (Å²) >= 11 is 0. The maximum atomic E-state index is 11.6. The Hall–Kier alpha value is -3.44. The fourth-order valence-corrected chi connectivity index (χ4v) is 7.08. The maximum absolute atomic E-state index is 11.6. The third-order valence-electron chi connectivity index (χ3n) is 8.42. The minimum Gasteiger partial charge on any atom is -0.478 e. The Morgan fingerprint density at radius 1 is 1.07 bits per heavy atom. The van der Waals surface area contributed by atoms with E-state index in [-0.39, 0.29) is 6.61 Å². The Bertz CT molecular complexity index is 1200. The van der Waals surface area contributed by atoms with E-state index in [1.807, 2.05) is 17.6 Å². The third-order valence-corrected chi connectivity index (χ3v) is 8.42. The van der Waals surface area contributed by atoms with Crippen LogP contribution in [0.25, 0.3) is 5.57 Å². The zero-order valence-corrected chi connectivity index (χ0v) is 21.8. The van der Waals surface area contributed by atoms with Crippen LogP contribution in [0, 0.1) is 17.8 Å². The Kier molecular flexibility index (Phi) is 8.55. The van der Waals surface area contributed by atoms with Gasteiger partial charge in [-0.05, 0) is 90.5 Å². The third kappa shape index (κ3) is 6.82. The second-order valence-electron chi connectivity index (χ2n) is 11.3. The number of hydrogen-bond acceptors (Lipinski definition) is 5. The quantitative estimate of drug-likeness (QED) is 0.166. The Labute approximate surface area is 229 Å². The van der Waals surface area contributed by atoms with Crippen molar-refractivity contribution in [3.05, 3.63) is 65.8 Å². The molecular formula is C29H33F3N2O6. The lowest BCUT2D eigenvalue weighted by atomic mass is 9.48. The highest BCUT2D eigenvalue weighted by Gasteiger charge is 2.51. The highest BCUT2D eigenvalue weighted by atomic mass is 19.4. The number of benzene rings is 1. The summed E-state index contributed by atoms with van der Waals surface area (Å²) in [7, 11) is 0. The van der Waals surface area contributed by atoms with Crippen molar-refractivity contribution in [2.75, 3.05) is 6.61 Å². The number of aliphatic carboxylic acids is 2. The minimum atomic E-state index is -5.08. The highest BCUT2D eigenvalue weighted by molar-refractivity contribution is 5.81. The lowest BCUT2D eigenvalue weighted by Crippen LogP contribution is -2.48. The number of carboxylic acids is 2. The molecule has 1 amide bonds. The van der Waals surface area contributed by atoms with Crippen molar-refractivity contribution >= 4 is 23.4 Å². The van der Waals surface area contributed by atoms with Crippen LogP contribution >= 0.6 is 0 Å². The van der Waals surface area contributed by atoms with Crippen LogP contribution in [-0.4, -0.2) is 46.4 Å². The summed E-state index contributed by atoms with van der Waals surface area (Å²) in [6, 6.07) is 9.00. The molecule has 11 heteroatoms. The number of nitrogens with two attached hydrogens (primary N) is 1. The molecule has 5 aliphatic carbocycles. The van der Waals surface area contributed by atoms with Gasteiger partial charge in [0.1, 0.15) is 12.2 Å².